The predicted molar refractivity (Wildman–Crippen MR) is 69.3 cm³/mol. The first-order valence-electron chi connectivity index (χ1n) is 4.86. The molecule has 0 aromatic heterocycles. The molecule has 1 rings (SSSR count). The zero-order chi connectivity index (χ0) is 12.0. The summed E-state index contributed by atoms with van der Waals surface area (Å²) in [6.45, 7) is 1.20. The maximum absolute atomic E-state index is 5.87. The largest absolute Gasteiger partial charge is 0.493 e. The Kier molecular flexibility index (Phi) is 5.52. The average Bonchev–Trinajstić information content (AvgIpc) is 2.24. The van der Waals surface area contributed by atoms with Crippen LogP contribution in [0, 0.1) is 0 Å². The van der Waals surface area contributed by atoms with E-state index in [9.17, 15) is 0 Å². The van der Waals surface area contributed by atoms with Gasteiger partial charge in [0.15, 0.2) is 0 Å². The number of hydrogen-bond donors (Lipinski definition) is 1. The van der Waals surface area contributed by atoms with Gasteiger partial charge in [0.05, 0.1) is 12.2 Å². The molecule has 0 saturated heterocycles. The second-order valence-corrected chi connectivity index (χ2v) is 4.08. The van der Waals surface area contributed by atoms with Crippen LogP contribution in [0.5, 0.6) is 5.75 Å². The van der Waals surface area contributed by atoms with E-state index in [4.69, 9.17) is 39.0 Å². The number of nitrogens with two attached hydrogens (primary N) is 1. The van der Waals surface area contributed by atoms with Gasteiger partial charge in [-0.2, -0.15) is 0 Å². The Morgan fingerprint density at radius 3 is 2.81 bits per heavy atom. The van der Waals surface area contributed by atoms with Crippen molar-refractivity contribution < 1.29 is 9.47 Å². The van der Waals surface area contributed by atoms with Crippen molar-refractivity contribution in [2.45, 2.75) is 6.42 Å². The SMILES string of the molecule is COCCCOc1cc(Cl)ccc1C(N)=S. The fraction of sp³-hybridized carbons (Fsp3) is 0.364. The lowest BCUT2D eigenvalue weighted by Crippen LogP contribution is -2.12. The third-order valence-corrected chi connectivity index (χ3v) is 2.41. The molecule has 88 valence electrons. The second kappa shape index (κ2) is 6.68. The van der Waals surface area contributed by atoms with Gasteiger partial charge in [-0.1, -0.05) is 23.8 Å². The molecule has 1 aromatic rings. The van der Waals surface area contributed by atoms with Crippen LogP contribution in [-0.2, 0) is 4.74 Å². The van der Waals surface area contributed by atoms with E-state index in [0.29, 0.717) is 34.5 Å². The molecule has 0 bridgehead atoms. The Bertz CT molecular complexity index is 371. The van der Waals surface area contributed by atoms with Gasteiger partial charge in [0, 0.05) is 25.2 Å². The zero-order valence-electron chi connectivity index (χ0n) is 9.03. The first-order chi connectivity index (χ1) is 7.65. The smallest absolute Gasteiger partial charge is 0.130 e. The van der Waals surface area contributed by atoms with Gasteiger partial charge in [-0.05, 0) is 18.2 Å². The monoisotopic (exact) mass is 259 g/mol. The summed E-state index contributed by atoms with van der Waals surface area (Å²) in [5, 5.41) is 0.599. The molecule has 0 spiro atoms. The fourth-order valence-electron chi connectivity index (χ4n) is 1.20. The molecule has 0 saturated carbocycles. The van der Waals surface area contributed by atoms with Gasteiger partial charge < -0.3 is 15.2 Å². The van der Waals surface area contributed by atoms with Crippen molar-refractivity contribution in [3.8, 4) is 5.75 Å². The Balaban J connectivity index is 2.68. The standard InChI is InChI=1S/C11H14ClNO2S/c1-14-5-2-6-15-10-7-8(12)3-4-9(10)11(13)16/h3-4,7H,2,5-6H2,1H3,(H2,13,16). The van der Waals surface area contributed by atoms with Crippen molar-refractivity contribution in [2.75, 3.05) is 20.3 Å². The highest BCUT2D eigenvalue weighted by atomic mass is 35.5. The molecule has 0 radical (unpaired) electrons. The van der Waals surface area contributed by atoms with Crippen LogP contribution in [0.15, 0.2) is 18.2 Å². The van der Waals surface area contributed by atoms with Crippen LogP contribution >= 0.6 is 23.8 Å². The maximum atomic E-state index is 5.87. The lowest BCUT2D eigenvalue weighted by molar-refractivity contribution is 0.172. The lowest BCUT2D eigenvalue weighted by Gasteiger charge is -2.10. The minimum atomic E-state index is 0.304. The molecule has 0 fully saturated rings. The number of thiocarbonyl (C=S) groups is 1. The van der Waals surface area contributed by atoms with Crippen LogP contribution in [-0.4, -0.2) is 25.3 Å². The predicted octanol–water partition coefficient (Wildman–Crippen LogP) is 2.39. The molecule has 0 amide bonds. The van der Waals surface area contributed by atoms with Gasteiger partial charge in [0.25, 0.3) is 0 Å². The third kappa shape index (κ3) is 3.96. The molecule has 16 heavy (non-hydrogen) atoms. The maximum Gasteiger partial charge on any atom is 0.130 e. The molecule has 0 aliphatic rings. The van der Waals surface area contributed by atoms with Crippen LogP contribution < -0.4 is 10.5 Å². The van der Waals surface area contributed by atoms with Crippen molar-refractivity contribution >= 4 is 28.8 Å². The molecule has 2 N–H and O–H groups in total. The van der Waals surface area contributed by atoms with E-state index in [-0.39, 0.29) is 0 Å². The van der Waals surface area contributed by atoms with Gasteiger partial charge in [0.2, 0.25) is 0 Å². The van der Waals surface area contributed by atoms with Crippen molar-refractivity contribution in [1.82, 2.24) is 0 Å². The summed E-state index contributed by atoms with van der Waals surface area (Å²) >= 11 is 10.8. The van der Waals surface area contributed by atoms with Crippen LogP contribution in [0.25, 0.3) is 0 Å². The van der Waals surface area contributed by atoms with E-state index in [0.717, 1.165) is 6.42 Å². The van der Waals surface area contributed by atoms with Crippen LogP contribution in [0.4, 0.5) is 0 Å². The van der Waals surface area contributed by atoms with Crippen molar-refractivity contribution in [3.63, 3.8) is 0 Å². The Morgan fingerprint density at radius 2 is 2.19 bits per heavy atom. The van der Waals surface area contributed by atoms with Crippen molar-refractivity contribution in [2.24, 2.45) is 5.73 Å². The molecule has 0 aliphatic heterocycles. The van der Waals surface area contributed by atoms with E-state index >= 15 is 0 Å². The molecule has 0 atom stereocenters. The number of rotatable bonds is 6. The van der Waals surface area contributed by atoms with Gasteiger partial charge in [0.1, 0.15) is 10.7 Å². The van der Waals surface area contributed by atoms with Gasteiger partial charge in [-0.15, -0.1) is 0 Å². The van der Waals surface area contributed by atoms with Crippen molar-refractivity contribution in [1.29, 1.82) is 0 Å². The average molecular weight is 260 g/mol. The number of hydrogen-bond acceptors (Lipinski definition) is 3. The van der Waals surface area contributed by atoms with Crippen molar-refractivity contribution in [3.05, 3.63) is 28.8 Å². The Morgan fingerprint density at radius 1 is 1.44 bits per heavy atom. The summed E-state index contributed by atoms with van der Waals surface area (Å²) in [6, 6.07) is 5.21. The molecule has 0 aliphatic carbocycles. The van der Waals surface area contributed by atoms with Gasteiger partial charge >= 0.3 is 0 Å². The number of ether oxygens (including phenoxy) is 2. The minimum absolute atomic E-state index is 0.304. The van der Waals surface area contributed by atoms with Gasteiger partial charge in [-0.25, -0.2) is 0 Å². The first kappa shape index (κ1) is 13.2. The van der Waals surface area contributed by atoms with Crippen LogP contribution in [0.1, 0.15) is 12.0 Å². The van der Waals surface area contributed by atoms with E-state index in [1.807, 2.05) is 0 Å². The van der Waals surface area contributed by atoms with Gasteiger partial charge in [-0.3, -0.25) is 0 Å². The van der Waals surface area contributed by atoms with E-state index in [1.165, 1.54) is 0 Å². The first-order valence-corrected chi connectivity index (χ1v) is 5.65. The molecule has 3 nitrogen and oxygen atoms in total. The summed E-state index contributed by atoms with van der Waals surface area (Å²) in [7, 11) is 1.65. The fourth-order valence-corrected chi connectivity index (χ4v) is 1.54. The summed E-state index contributed by atoms with van der Waals surface area (Å²) in [6.07, 6.45) is 0.805. The summed E-state index contributed by atoms with van der Waals surface area (Å²) in [4.78, 5) is 0.304. The summed E-state index contributed by atoms with van der Waals surface area (Å²) < 4.78 is 10.5. The molecular weight excluding hydrogens is 246 g/mol. The quantitative estimate of drug-likeness (QED) is 0.629. The van der Waals surface area contributed by atoms with Crippen LogP contribution in [0.3, 0.4) is 0 Å². The number of benzene rings is 1. The normalized spacial score (nSPS) is 10.1. The summed E-state index contributed by atoms with van der Waals surface area (Å²) in [5.41, 5.74) is 6.28. The second-order valence-electron chi connectivity index (χ2n) is 3.20. The number of methoxy groups -OCH3 is 1. The molecule has 0 heterocycles. The molecule has 1 aromatic carbocycles. The highest BCUT2D eigenvalue weighted by Gasteiger charge is 2.07. The van der Waals surface area contributed by atoms with E-state index in [1.54, 1.807) is 25.3 Å². The Labute approximate surface area is 105 Å². The zero-order valence-corrected chi connectivity index (χ0v) is 10.6. The molecule has 0 unspecified atom stereocenters. The molecular formula is C11H14ClNO2S. The van der Waals surface area contributed by atoms with E-state index < -0.39 is 0 Å². The summed E-state index contributed by atoms with van der Waals surface area (Å²) in [5.74, 6) is 0.621. The Hall–Kier alpha value is -0.840. The molecule has 5 heteroatoms. The highest BCUT2D eigenvalue weighted by Crippen LogP contribution is 2.23. The number of halogens is 1. The minimum Gasteiger partial charge on any atom is -0.493 e. The lowest BCUT2D eigenvalue weighted by atomic mass is 10.2. The topological polar surface area (TPSA) is 44.5 Å². The highest BCUT2D eigenvalue weighted by molar-refractivity contribution is 7.80. The van der Waals surface area contributed by atoms with Crippen LogP contribution in [0.2, 0.25) is 5.02 Å². The van der Waals surface area contributed by atoms with E-state index in [2.05, 4.69) is 0 Å². The third-order valence-electron chi connectivity index (χ3n) is 1.96.